The topological polar surface area (TPSA) is 84.3 Å². The van der Waals surface area contributed by atoms with Crippen molar-refractivity contribution in [3.63, 3.8) is 0 Å². The average Bonchev–Trinajstić information content (AvgIpc) is 2.86. The summed E-state index contributed by atoms with van der Waals surface area (Å²) in [5.74, 6) is -1.98. The number of anilines is 1. The van der Waals surface area contributed by atoms with Crippen LogP contribution in [-0.4, -0.2) is 83.3 Å². The van der Waals surface area contributed by atoms with Gasteiger partial charge in [0.05, 0.1) is 11.5 Å². The van der Waals surface area contributed by atoms with E-state index in [-0.39, 0.29) is 18.3 Å². The molecule has 8 heteroatoms. The number of carbonyl (C=O) groups is 2. The predicted octanol–water partition coefficient (Wildman–Crippen LogP) is 1.02. The quantitative estimate of drug-likeness (QED) is 0.795. The molecule has 0 spiro atoms. The summed E-state index contributed by atoms with van der Waals surface area (Å²) in [6.07, 6.45) is 1.10. The molecule has 1 aromatic rings. The molecule has 2 fully saturated rings. The third-order valence-corrected chi connectivity index (χ3v) is 5.80. The maximum absolute atomic E-state index is 13.1. The molecular weight excluding hydrogens is 365 g/mol. The molecule has 1 aromatic carbocycles. The number of benzene rings is 1. The van der Waals surface area contributed by atoms with E-state index in [4.69, 9.17) is 0 Å². The molecule has 1 amide bonds. The van der Waals surface area contributed by atoms with Crippen LogP contribution in [-0.2, 0) is 9.59 Å². The Morgan fingerprint density at radius 3 is 2.32 bits per heavy atom. The van der Waals surface area contributed by atoms with Crippen molar-refractivity contribution in [2.75, 3.05) is 50.7 Å². The van der Waals surface area contributed by atoms with Gasteiger partial charge in [-0.2, -0.15) is 0 Å². The molecule has 7 nitrogen and oxygen atoms in total. The normalized spacial score (nSPS) is 23.3. The van der Waals surface area contributed by atoms with Crippen LogP contribution < -0.4 is 4.90 Å². The maximum atomic E-state index is 13.1. The van der Waals surface area contributed by atoms with Crippen LogP contribution in [0.4, 0.5) is 10.1 Å². The smallest absolute Gasteiger partial charge is 0.309 e. The largest absolute Gasteiger partial charge is 0.481 e. The molecule has 0 radical (unpaired) electrons. The Labute approximate surface area is 164 Å². The van der Waals surface area contributed by atoms with E-state index in [9.17, 15) is 24.2 Å². The van der Waals surface area contributed by atoms with Gasteiger partial charge in [0.2, 0.25) is 5.91 Å². The maximum Gasteiger partial charge on any atom is 0.309 e. The molecule has 0 aromatic heterocycles. The Morgan fingerprint density at radius 2 is 1.75 bits per heavy atom. The van der Waals surface area contributed by atoms with E-state index in [2.05, 4.69) is 4.90 Å². The lowest BCUT2D eigenvalue weighted by Gasteiger charge is -2.41. The van der Waals surface area contributed by atoms with Gasteiger partial charge in [-0.25, -0.2) is 4.39 Å². The number of nitrogens with zero attached hydrogens (tertiary/aromatic N) is 3. The summed E-state index contributed by atoms with van der Waals surface area (Å²) in [4.78, 5) is 28.9. The Kier molecular flexibility index (Phi) is 6.20. The lowest BCUT2D eigenvalue weighted by molar-refractivity contribution is -0.143. The first-order valence-electron chi connectivity index (χ1n) is 9.69. The van der Waals surface area contributed by atoms with Gasteiger partial charge in [0, 0.05) is 58.4 Å². The van der Waals surface area contributed by atoms with Gasteiger partial charge in [0.15, 0.2) is 0 Å². The highest BCUT2D eigenvalue weighted by Crippen LogP contribution is 2.28. The van der Waals surface area contributed by atoms with Crippen LogP contribution in [0.1, 0.15) is 19.8 Å². The minimum absolute atomic E-state index is 0.126. The molecule has 2 N–H and O–H groups in total. The van der Waals surface area contributed by atoms with Gasteiger partial charge in [0.25, 0.3) is 0 Å². The summed E-state index contributed by atoms with van der Waals surface area (Å²) < 4.78 is 13.1. The average molecular weight is 393 g/mol. The van der Waals surface area contributed by atoms with Crippen molar-refractivity contribution in [3.05, 3.63) is 30.1 Å². The van der Waals surface area contributed by atoms with E-state index in [1.54, 1.807) is 17.0 Å². The molecule has 154 valence electrons. The Morgan fingerprint density at radius 1 is 1.11 bits per heavy atom. The summed E-state index contributed by atoms with van der Waals surface area (Å²) in [7, 11) is 0. The van der Waals surface area contributed by atoms with Gasteiger partial charge in [0.1, 0.15) is 5.82 Å². The summed E-state index contributed by atoms with van der Waals surface area (Å²) in [6.45, 7) is 4.69. The molecule has 28 heavy (non-hydrogen) atoms. The van der Waals surface area contributed by atoms with Gasteiger partial charge >= 0.3 is 5.97 Å². The number of carboxylic acids is 1. The van der Waals surface area contributed by atoms with Crippen LogP contribution in [0.15, 0.2) is 24.3 Å². The lowest BCUT2D eigenvalue weighted by atomic mass is 9.90. The molecule has 0 saturated carbocycles. The second-order valence-corrected chi connectivity index (χ2v) is 7.92. The second-order valence-electron chi connectivity index (χ2n) is 7.92. The molecule has 1 atom stereocenters. The highest BCUT2D eigenvalue weighted by molar-refractivity contribution is 5.75. The van der Waals surface area contributed by atoms with E-state index in [0.717, 1.165) is 5.69 Å². The first-order valence-corrected chi connectivity index (χ1v) is 9.69. The minimum Gasteiger partial charge on any atom is -0.481 e. The number of β-amino-alcohol motifs (C(OH)–C–C–N with tert-alkyl or cyclic N) is 1. The van der Waals surface area contributed by atoms with Gasteiger partial charge in [-0.1, -0.05) is 0 Å². The molecule has 2 saturated heterocycles. The first kappa shape index (κ1) is 20.5. The zero-order chi connectivity index (χ0) is 20.3. The van der Waals surface area contributed by atoms with E-state index < -0.39 is 17.5 Å². The van der Waals surface area contributed by atoms with Crippen molar-refractivity contribution in [1.82, 2.24) is 9.80 Å². The van der Waals surface area contributed by atoms with Crippen LogP contribution in [0.2, 0.25) is 0 Å². The van der Waals surface area contributed by atoms with Crippen LogP contribution in [0.3, 0.4) is 0 Å². The van der Waals surface area contributed by atoms with Crippen molar-refractivity contribution in [3.8, 4) is 0 Å². The van der Waals surface area contributed by atoms with E-state index in [0.29, 0.717) is 52.1 Å². The standard InChI is InChI=1S/C20H28FN3O4/c1-15(25)24-11-10-22(12-16(13-24)19(26)27)14-20(28)6-8-23(9-7-20)18-4-2-17(21)3-5-18/h2-5,16,28H,6-14H2,1H3,(H,26,27)/t16-/m1/s1. The Bertz CT molecular complexity index is 704. The lowest BCUT2D eigenvalue weighted by Crippen LogP contribution is -2.52. The van der Waals surface area contributed by atoms with Crippen LogP contribution in [0, 0.1) is 11.7 Å². The van der Waals surface area contributed by atoms with Crippen LogP contribution in [0.5, 0.6) is 0 Å². The summed E-state index contributed by atoms with van der Waals surface area (Å²) >= 11 is 0. The summed E-state index contributed by atoms with van der Waals surface area (Å²) in [5, 5.41) is 20.5. The van der Waals surface area contributed by atoms with E-state index in [1.807, 2.05) is 4.90 Å². The van der Waals surface area contributed by atoms with Crippen molar-refractivity contribution in [1.29, 1.82) is 0 Å². The van der Waals surface area contributed by atoms with Crippen molar-refractivity contribution in [2.45, 2.75) is 25.4 Å². The number of hydrogen-bond donors (Lipinski definition) is 2. The van der Waals surface area contributed by atoms with E-state index >= 15 is 0 Å². The van der Waals surface area contributed by atoms with Gasteiger partial charge < -0.3 is 20.0 Å². The number of amides is 1. The molecule has 3 rings (SSSR count). The number of carboxylic acid groups (broad SMARTS) is 1. The molecule has 2 aliphatic rings. The third-order valence-electron chi connectivity index (χ3n) is 5.80. The molecule has 0 aliphatic carbocycles. The number of carbonyl (C=O) groups excluding carboxylic acids is 1. The number of aliphatic hydroxyl groups is 1. The highest BCUT2D eigenvalue weighted by atomic mass is 19.1. The molecular formula is C20H28FN3O4. The Balaban J connectivity index is 1.60. The van der Waals surface area contributed by atoms with Crippen molar-refractivity contribution < 1.29 is 24.2 Å². The SMILES string of the molecule is CC(=O)N1CCN(CC2(O)CCN(c3ccc(F)cc3)CC2)C[C@@H](C(=O)O)C1. The predicted molar refractivity (Wildman–Crippen MR) is 103 cm³/mol. The third kappa shape index (κ3) is 4.99. The number of hydrogen-bond acceptors (Lipinski definition) is 5. The molecule has 0 bridgehead atoms. The number of piperidine rings is 1. The van der Waals surface area contributed by atoms with Crippen molar-refractivity contribution in [2.24, 2.45) is 5.92 Å². The monoisotopic (exact) mass is 393 g/mol. The van der Waals surface area contributed by atoms with Crippen molar-refractivity contribution >= 4 is 17.6 Å². The highest BCUT2D eigenvalue weighted by Gasteiger charge is 2.37. The zero-order valence-electron chi connectivity index (χ0n) is 16.2. The van der Waals surface area contributed by atoms with Gasteiger partial charge in [-0.3, -0.25) is 14.5 Å². The number of rotatable bonds is 4. The van der Waals surface area contributed by atoms with Crippen LogP contribution >= 0.6 is 0 Å². The zero-order valence-corrected chi connectivity index (χ0v) is 16.2. The van der Waals surface area contributed by atoms with Gasteiger partial charge in [-0.05, 0) is 37.1 Å². The molecule has 2 heterocycles. The fourth-order valence-corrected chi connectivity index (χ4v) is 4.07. The fourth-order valence-electron chi connectivity index (χ4n) is 4.07. The second kappa shape index (κ2) is 8.45. The Hall–Kier alpha value is -2.19. The van der Waals surface area contributed by atoms with Gasteiger partial charge in [-0.15, -0.1) is 0 Å². The number of halogens is 1. The van der Waals surface area contributed by atoms with E-state index in [1.165, 1.54) is 19.1 Å². The number of aliphatic carboxylic acids is 1. The summed E-state index contributed by atoms with van der Waals surface area (Å²) in [6, 6.07) is 6.34. The molecule has 2 aliphatic heterocycles. The first-order chi connectivity index (χ1) is 13.3. The van der Waals surface area contributed by atoms with Crippen LogP contribution in [0.25, 0.3) is 0 Å². The minimum atomic E-state index is -0.920. The fraction of sp³-hybridized carbons (Fsp3) is 0.600. The summed E-state index contributed by atoms with van der Waals surface area (Å²) in [5.41, 5.74) is 0.0339. The molecule has 0 unspecified atom stereocenters.